The lowest BCUT2D eigenvalue weighted by Gasteiger charge is -2.20. The molecule has 1 aliphatic carbocycles. The normalized spacial score (nSPS) is 19.8. The first-order valence-electron chi connectivity index (χ1n) is 5.25. The molecule has 1 atom stereocenters. The SMILES string of the molecule is CCC(=O)C1CCc2ncccc2C1=O. The Hall–Kier alpha value is -1.51. The van der Waals surface area contributed by atoms with Gasteiger partial charge in [-0.05, 0) is 25.0 Å². The minimum Gasteiger partial charge on any atom is -0.299 e. The Morgan fingerprint density at radius 2 is 2.40 bits per heavy atom. The standard InChI is InChI=1S/C12H13NO2/c1-2-11(14)9-5-6-10-8(12(9)15)4-3-7-13-10/h3-4,7,9H,2,5-6H2,1H3. The molecule has 0 fully saturated rings. The number of fused-ring (bicyclic) bond motifs is 1. The molecule has 0 radical (unpaired) electrons. The topological polar surface area (TPSA) is 47.0 Å². The van der Waals surface area contributed by atoms with Crippen molar-refractivity contribution < 1.29 is 9.59 Å². The van der Waals surface area contributed by atoms with Crippen LogP contribution in [0.4, 0.5) is 0 Å². The number of carbonyl (C=O) groups excluding carboxylic acids is 2. The van der Waals surface area contributed by atoms with Crippen LogP contribution >= 0.6 is 0 Å². The third-order valence-corrected chi connectivity index (χ3v) is 2.88. The molecular formula is C12H13NO2. The van der Waals surface area contributed by atoms with Crippen molar-refractivity contribution in [1.29, 1.82) is 0 Å². The van der Waals surface area contributed by atoms with Gasteiger partial charge in [-0.3, -0.25) is 14.6 Å². The Balaban J connectivity index is 2.34. The van der Waals surface area contributed by atoms with Crippen LogP contribution in [-0.2, 0) is 11.2 Å². The second kappa shape index (κ2) is 3.93. The van der Waals surface area contributed by atoms with Crippen molar-refractivity contribution in [3.8, 4) is 0 Å². The summed E-state index contributed by atoms with van der Waals surface area (Å²) in [5.74, 6) is -0.419. The summed E-state index contributed by atoms with van der Waals surface area (Å²) in [6, 6.07) is 3.51. The largest absolute Gasteiger partial charge is 0.299 e. The van der Waals surface area contributed by atoms with Crippen molar-refractivity contribution in [2.45, 2.75) is 26.2 Å². The highest BCUT2D eigenvalue weighted by Gasteiger charge is 2.31. The van der Waals surface area contributed by atoms with Crippen LogP contribution in [0.5, 0.6) is 0 Å². The Kier molecular flexibility index (Phi) is 2.62. The van der Waals surface area contributed by atoms with E-state index < -0.39 is 5.92 Å². The van der Waals surface area contributed by atoms with Crippen LogP contribution < -0.4 is 0 Å². The molecule has 78 valence electrons. The smallest absolute Gasteiger partial charge is 0.175 e. The predicted octanol–water partition coefficient (Wildman–Crippen LogP) is 1.81. The van der Waals surface area contributed by atoms with E-state index in [0.717, 1.165) is 12.1 Å². The molecule has 1 aliphatic rings. The van der Waals surface area contributed by atoms with Crippen LogP contribution in [0.25, 0.3) is 0 Å². The second-order valence-corrected chi connectivity index (χ2v) is 3.77. The highest BCUT2D eigenvalue weighted by molar-refractivity contribution is 6.11. The van der Waals surface area contributed by atoms with Gasteiger partial charge >= 0.3 is 0 Å². The summed E-state index contributed by atoms with van der Waals surface area (Å²) in [6.45, 7) is 1.80. The van der Waals surface area contributed by atoms with Gasteiger partial charge in [0.2, 0.25) is 0 Å². The summed E-state index contributed by atoms with van der Waals surface area (Å²) in [6.07, 6.45) is 3.48. The summed E-state index contributed by atoms with van der Waals surface area (Å²) >= 11 is 0. The van der Waals surface area contributed by atoms with Gasteiger partial charge in [-0.15, -0.1) is 0 Å². The number of ketones is 2. The molecule has 1 aromatic rings. The summed E-state index contributed by atoms with van der Waals surface area (Å²) in [5, 5.41) is 0. The van der Waals surface area contributed by atoms with Crippen molar-refractivity contribution in [3.63, 3.8) is 0 Å². The van der Waals surface area contributed by atoms with Gasteiger partial charge < -0.3 is 0 Å². The van der Waals surface area contributed by atoms with Crippen molar-refractivity contribution in [1.82, 2.24) is 4.98 Å². The van der Waals surface area contributed by atoms with Crippen LogP contribution in [0.1, 0.15) is 35.8 Å². The summed E-state index contributed by atoms with van der Waals surface area (Å²) in [5.41, 5.74) is 1.47. The van der Waals surface area contributed by atoms with Crippen LogP contribution in [0.2, 0.25) is 0 Å². The quantitative estimate of drug-likeness (QED) is 0.688. The minimum atomic E-state index is -0.424. The molecule has 1 unspecified atom stereocenters. The number of pyridine rings is 1. The molecule has 0 amide bonds. The van der Waals surface area contributed by atoms with Crippen molar-refractivity contribution in [2.75, 3.05) is 0 Å². The molecular weight excluding hydrogens is 190 g/mol. The summed E-state index contributed by atoms with van der Waals surface area (Å²) in [4.78, 5) is 27.7. The molecule has 0 spiro atoms. The third-order valence-electron chi connectivity index (χ3n) is 2.88. The molecule has 0 bridgehead atoms. The molecule has 0 aliphatic heterocycles. The maximum Gasteiger partial charge on any atom is 0.175 e. The van der Waals surface area contributed by atoms with E-state index in [1.807, 2.05) is 0 Å². The zero-order valence-corrected chi connectivity index (χ0v) is 8.69. The number of aromatic nitrogens is 1. The summed E-state index contributed by atoms with van der Waals surface area (Å²) < 4.78 is 0. The molecule has 0 aromatic carbocycles. The molecule has 3 heteroatoms. The summed E-state index contributed by atoms with van der Waals surface area (Å²) in [7, 11) is 0. The molecule has 0 saturated carbocycles. The molecule has 1 heterocycles. The molecule has 15 heavy (non-hydrogen) atoms. The van der Waals surface area contributed by atoms with Crippen molar-refractivity contribution in [2.24, 2.45) is 5.92 Å². The Labute approximate surface area is 88.5 Å². The van der Waals surface area contributed by atoms with E-state index >= 15 is 0 Å². The monoisotopic (exact) mass is 203 g/mol. The Morgan fingerprint density at radius 3 is 3.13 bits per heavy atom. The van der Waals surface area contributed by atoms with E-state index in [2.05, 4.69) is 4.98 Å². The maximum absolute atomic E-state index is 12.0. The van der Waals surface area contributed by atoms with E-state index in [0.29, 0.717) is 18.4 Å². The number of nitrogens with zero attached hydrogens (tertiary/aromatic N) is 1. The third kappa shape index (κ3) is 1.69. The van der Waals surface area contributed by atoms with Gasteiger partial charge in [0, 0.05) is 18.2 Å². The van der Waals surface area contributed by atoms with Crippen LogP contribution in [0.3, 0.4) is 0 Å². The van der Waals surface area contributed by atoms with Gasteiger partial charge in [-0.1, -0.05) is 6.92 Å². The lowest BCUT2D eigenvalue weighted by molar-refractivity contribution is -0.121. The fourth-order valence-corrected chi connectivity index (χ4v) is 2.02. The van der Waals surface area contributed by atoms with Gasteiger partial charge in [0.15, 0.2) is 5.78 Å². The number of rotatable bonds is 2. The fraction of sp³-hybridized carbons (Fsp3) is 0.417. The van der Waals surface area contributed by atoms with E-state index in [1.54, 1.807) is 25.3 Å². The lowest BCUT2D eigenvalue weighted by Crippen LogP contribution is -2.29. The van der Waals surface area contributed by atoms with Crippen LogP contribution in [0.15, 0.2) is 18.3 Å². The van der Waals surface area contributed by atoms with Gasteiger partial charge in [0.25, 0.3) is 0 Å². The Bertz CT molecular complexity index is 412. The van der Waals surface area contributed by atoms with Gasteiger partial charge in [0.05, 0.1) is 11.6 Å². The van der Waals surface area contributed by atoms with Gasteiger partial charge in [-0.25, -0.2) is 0 Å². The fourth-order valence-electron chi connectivity index (χ4n) is 2.02. The molecule has 0 N–H and O–H groups in total. The van der Waals surface area contributed by atoms with Crippen molar-refractivity contribution in [3.05, 3.63) is 29.6 Å². The van der Waals surface area contributed by atoms with E-state index in [9.17, 15) is 9.59 Å². The zero-order chi connectivity index (χ0) is 10.8. The average Bonchev–Trinajstić information content (AvgIpc) is 2.29. The number of aryl methyl sites for hydroxylation is 1. The second-order valence-electron chi connectivity index (χ2n) is 3.77. The lowest BCUT2D eigenvalue weighted by atomic mass is 9.82. The van der Waals surface area contributed by atoms with Crippen LogP contribution in [-0.4, -0.2) is 16.6 Å². The van der Waals surface area contributed by atoms with E-state index in [-0.39, 0.29) is 11.6 Å². The molecule has 2 rings (SSSR count). The molecule has 0 saturated heterocycles. The first kappa shape index (κ1) is 10.0. The van der Waals surface area contributed by atoms with Crippen LogP contribution in [0, 0.1) is 5.92 Å². The zero-order valence-electron chi connectivity index (χ0n) is 8.69. The number of carbonyl (C=O) groups is 2. The number of Topliss-reactive ketones (excluding diaryl/α,β-unsaturated/α-hetero) is 2. The highest BCUT2D eigenvalue weighted by atomic mass is 16.1. The Morgan fingerprint density at radius 1 is 1.60 bits per heavy atom. The molecule has 3 nitrogen and oxygen atoms in total. The first-order chi connectivity index (χ1) is 7.24. The molecule has 1 aromatic heterocycles. The van der Waals surface area contributed by atoms with Crippen molar-refractivity contribution >= 4 is 11.6 Å². The highest BCUT2D eigenvalue weighted by Crippen LogP contribution is 2.25. The number of hydrogen-bond acceptors (Lipinski definition) is 3. The van der Waals surface area contributed by atoms with Gasteiger partial charge in [0.1, 0.15) is 5.78 Å². The minimum absolute atomic E-state index is 0.0452. The van der Waals surface area contributed by atoms with E-state index in [1.165, 1.54) is 0 Å². The predicted molar refractivity (Wildman–Crippen MR) is 55.7 cm³/mol. The average molecular weight is 203 g/mol. The number of hydrogen-bond donors (Lipinski definition) is 0. The maximum atomic E-state index is 12.0. The van der Waals surface area contributed by atoms with E-state index in [4.69, 9.17) is 0 Å². The van der Waals surface area contributed by atoms with Gasteiger partial charge in [-0.2, -0.15) is 0 Å². The first-order valence-corrected chi connectivity index (χ1v) is 5.25.